The molecule has 8 nitrogen and oxygen atoms in total. The molecule has 1 aromatic carbocycles. The fourth-order valence-electron chi connectivity index (χ4n) is 2.68. The van der Waals surface area contributed by atoms with Crippen LogP contribution in [0.1, 0.15) is 11.3 Å². The van der Waals surface area contributed by atoms with Gasteiger partial charge in [-0.05, 0) is 17.7 Å². The molecule has 0 atom stereocenters. The number of benzene rings is 1. The zero-order chi connectivity index (χ0) is 19.2. The summed E-state index contributed by atoms with van der Waals surface area (Å²) in [5, 5.41) is 8.56. The molecule has 0 spiro atoms. The molecular formula is C18H24IN5O3S. The molecule has 0 aliphatic rings. The van der Waals surface area contributed by atoms with Crippen molar-refractivity contribution in [2.45, 2.75) is 13.1 Å². The van der Waals surface area contributed by atoms with Crippen LogP contribution in [0.3, 0.4) is 0 Å². The van der Waals surface area contributed by atoms with Gasteiger partial charge in [0.15, 0.2) is 22.4 Å². The Kier molecular flexibility index (Phi) is 8.18. The summed E-state index contributed by atoms with van der Waals surface area (Å²) in [5.41, 5.74) is 1.94. The van der Waals surface area contributed by atoms with Crippen LogP contribution in [0.15, 0.2) is 34.9 Å². The Labute approximate surface area is 185 Å². The predicted octanol–water partition coefficient (Wildman–Crippen LogP) is 2.90. The molecule has 2 N–H and O–H groups in total. The van der Waals surface area contributed by atoms with Gasteiger partial charge in [-0.25, -0.2) is 4.98 Å². The van der Waals surface area contributed by atoms with E-state index >= 15 is 0 Å². The molecule has 2 aromatic heterocycles. The van der Waals surface area contributed by atoms with Crippen LogP contribution < -0.4 is 24.8 Å². The first-order valence-corrected chi connectivity index (χ1v) is 9.21. The number of aliphatic imine (C=N–C) groups is 1. The number of thiazole rings is 1. The monoisotopic (exact) mass is 517 g/mol. The summed E-state index contributed by atoms with van der Waals surface area (Å²) in [6, 6.07) is 3.82. The van der Waals surface area contributed by atoms with E-state index in [9.17, 15) is 0 Å². The minimum atomic E-state index is 0. The second kappa shape index (κ2) is 10.4. The number of hydrogen-bond acceptors (Lipinski definition) is 6. The molecule has 0 aliphatic heterocycles. The fourth-order valence-corrected chi connectivity index (χ4v) is 3.40. The Morgan fingerprint density at radius 3 is 2.36 bits per heavy atom. The number of halogens is 1. The summed E-state index contributed by atoms with van der Waals surface area (Å²) in [6.45, 7) is 1.14. The molecular weight excluding hydrogens is 493 g/mol. The number of aromatic nitrogens is 2. The summed E-state index contributed by atoms with van der Waals surface area (Å²) < 4.78 is 18.1. The number of hydrogen-bond donors (Lipinski definition) is 2. The zero-order valence-electron chi connectivity index (χ0n) is 16.2. The number of fused-ring (bicyclic) bond motifs is 1. The highest BCUT2D eigenvalue weighted by Crippen LogP contribution is 2.38. The summed E-state index contributed by atoms with van der Waals surface area (Å²) in [5.74, 6) is 2.50. The number of methoxy groups -OCH3 is 3. The highest BCUT2D eigenvalue weighted by atomic mass is 127. The molecule has 10 heteroatoms. The molecule has 3 aromatic rings. The topological polar surface area (TPSA) is 81.4 Å². The molecule has 0 fully saturated rings. The lowest BCUT2D eigenvalue weighted by atomic mass is 10.2. The molecule has 2 heterocycles. The summed E-state index contributed by atoms with van der Waals surface area (Å²) in [6.07, 6.45) is 4.00. The summed E-state index contributed by atoms with van der Waals surface area (Å²) >= 11 is 1.61. The number of rotatable bonds is 7. The van der Waals surface area contributed by atoms with Crippen LogP contribution >= 0.6 is 35.3 Å². The van der Waals surface area contributed by atoms with E-state index in [-0.39, 0.29) is 24.0 Å². The third-order valence-corrected chi connectivity index (χ3v) is 4.76. The SMILES string of the molecule is CN=C(NCc1cc(OC)c(OC)c(OC)c1)NCc1cn2ccsc2n1.I. The van der Waals surface area contributed by atoms with Gasteiger partial charge >= 0.3 is 0 Å². The van der Waals surface area contributed by atoms with Crippen molar-refractivity contribution >= 4 is 46.2 Å². The normalized spacial score (nSPS) is 11.1. The summed E-state index contributed by atoms with van der Waals surface area (Å²) in [7, 11) is 6.52. The van der Waals surface area contributed by atoms with Gasteiger partial charge in [0.05, 0.1) is 33.6 Å². The van der Waals surface area contributed by atoms with Gasteiger partial charge in [-0.3, -0.25) is 9.39 Å². The van der Waals surface area contributed by atoms with Crippen LogP contribution in [-0.2, 0) is 13.1 Å². The van der Waals surface area contributed by atoms with E-state index in [0.29, 0.717) is 36.3 Å². The molecule has 0 saturated heterocycles. The van der Waals surface area contributed by atoms with E-state index in [1.54, 1.807) is 39.7 Å². The van der Waals surface area contributed by atoms with Crippen molar-refractivity contribution in [3.05, 3.63) is 41.2 Å². The number of imidazole rings is 1. The van der Waals surface area contributed by atoms with E-state index in [1.807, 2.05) is 34.3 Å². The predicted molar refractivity (Wildman–Crippen MR) is 122 cm³/mol. The second-order valence-corrected chi connectivity index (χ2v) is 6.51. The van der Waals surface area contributed by atoms with Gasteiger partial charge in [0, 0.05) is 31.4 Å². The van der Waals surface area contributed by atoms with Gasteiger partial charge in [0.25, 0.3) is 0 Å². The van der Waals surface area contributed by atoms with Crippen LogP contribution in [-0.4, -0.2) is 43.7 Å². The highest BCUT2D eigenvalue weighted by molar-refractivity contribution is 14.0. The number of nitrogens with zero attached hydrogens (tertiary/aromatic N) is 3. The average molecular weight is 517 g/mol. The molecule has 152 valence electrons. The van der Waals surface area contributed by atoms with Crippen LogP contribution in [0.2, 0.25) is 0 Å². The Balaban J connectivity index is 0.00000280. The quantitative estimate of drug-likeness (QED) is 0.285. The molecule has 0 unspecified atom stereocenters. The maximum atomic E-state index is 5.39. The van der Waals surface area contributed by atoms with Crippen molar-refractivity contribution in [3.63, 3.8) is 0 Å². The van der Waals surface area contributed by atoms with Crippen LogP contribution in [0.4, 0.5) is 0 Å². The first-order chi connectivity index (χ1) is 13.2. The van der Waals surface area contributed by atoms with Gasteiger partial charge in [-0.2, -0.15) is 0 Å². The number of ether oxygens (including phenoxy) is 3. The van der Waals surface area contributed by atoms with Gasteiger partial charge in [-0.15, -0.1) is 35.3 Å². The van der Waals surface area contributed by atoms with Gasteiger partial charge in [0.2, 0.25) is 5.75 Å². The number of guanidine groups is 1. The van der Waals surface area contributed by atoms with E-state index in [1.165, 1.54) is 0 Å². The molecule has 0 saturated carbocycles. The lowest BCUT2D eigenvalue weighted by molar-refractivity contribution is 0.323. The minimum Gasteiger partial charge on any atom is -0.493 e. The van der Waals surface area contributed by atoms with Gasteiger partial charge in [0.1, 0.15) is 0 Å². The third kappa shape index (κ3) is 4.98. The molecule has 0 aliphatic carbocycles. The first kappa shape index (κ1) is 22.1. The average Bonchev–Trinajstić information content (AvgIpc) is 3.28. The molecule has 0 amide bonds. The van der Waals surface area contributed by atoms with Crippen LogP contribution in [0, 0.1) is 0 Å². The van der Waals surface area contributed by atoms with Crippen molar-refractivity contribution in [3.8, 4) is 17.2 Å². The fraction of sp³-hybridized carbons (Fsp3) is 0.333. The number of nitrogens with one attached hydrogen (secondary N) is 2. The second-order valence-electron chi connectivity index (χ2n) is 5.64. The van der Waals surface area contributed by atoms with Gasteiger partial charge in [-0.1, -0.05) is 0 Å². The Hall–Kier alpha value is -2.21. The lowest BCUT2D eigenvalue weighted by Gasteiger charge is -2.15. The van der Waals surface area contributed by atoms with E-state index < -0.39 is 0 Å². The van der Waals surface area contributed by atoms with Crippen molar-refractivity contribution in [2.75, 3.05) is 28.4 Å². The first-order valence-electron chi connectivity index (χ1n) is 8.33. The van der Waals surface area contributed by atoms with E-state index in [0.717, 1.165) is 16.2 Å². The maximum absolute atomic E-state index is 5.39. The largest absolute Gasteiger partial charge is 0.493 e. The molecule has 0 bridgehead atoms. The Morgan fingerprint density at radius 2 is 1.79 bits per heavy atom. The lowest BCUT2D eigenvalue weighted by Crippen LogP contribution is -2.36. The smallest absolute Gasteiger partial charge is 0.203 e. The maximum Gasteiger partial charge on any atom is 0.203 e. The van der Waals surface area contributed by atoms with Crippen molar-refractivity contribution in [1.82, 2.24) is 20.0 Å². The van der Waals surface area contributed by atoms with Crippen LogP contribution in [0.5, 0.6) is 17.2 Å². The van der Waals surface area contributed by atoms with Crippen LogP contribution in [0.25, 0.3) is 4.96 Å². The molecule has 28 heavy (non-hydrogen) atoms. The van der Waals surface area contributed by atoms with Crippen molar-refractivity contribution < 1.29 is 14.2 Å². The highest BCUT2D eigenvalue weighted by Gasteiger charge is 2.13. The molecule has 3 rings (SSSR count). The zero-order valence-corrected chi connectivity index (χ0v) is 19.3. The minimum absolute atomic E-state index is 0. The third-order valence-electron chi connectivity index (χ3n) is 3.99. The Morgan fingerprint density at radius 1 is 1.11 bits per heavy atom. The van der Waals surface area contributed by atoms with E-state index in [4.69, 9.17) is 14.2 Å². The van der Waals surface area contributed by atoms with Gasteiger partial charge < -0.3 is 24.8 Å². The van der Waals surface area contributed by atoms with Crippen molar-refractivity contribution in [2.24, 2.45) is 4.99 Å². The van der Waals surface area contributed by atoms with Crippen molar-refractivity contribution in [1.29, 1.82) is 0 Å². The molecule has 0 radical (unpaired) electrons. The summed E-state index contributed by atoms with van der Waals surface area (Å²) in [4.78, 5) is 9.78. The van der Waals surface area contributed by atoms with E-state index in [2.05, 4.69) is 20.6 Å². The Bertz CT molecular complexity index is 887. The standard InChI is InChI=1S/C18H23N5O3S.HI/c1-19-17(21-10-13-11-23-5-6-27-18(23)22-13)20-9-12-7-14(24-2)16(26-4)15(8-12)25-3;/h5-8,11H,9-10H2,1-4H3,(H2,19,20,21);1H.